The molecule has 0 unspecified atom stereocenters. The molecule has 42 heavy (non-hydrogen) atoms. The maximum Gasteiger partial charge on any atom is 0.229 e. The molecule has 15 nitrogen and oxygen atoms in total. The second-order valence-electron chi connectivity index (χ2n) is 9.89. The molecule has 0 bridgehead atoms. The molecule has 2 aliphatic rings. The van der Waals surface area contributed by atoms with Crippen molar-refractivity contribution in [1.82, 2.24) is 0 Å². The van der Waals surface area contributed by atoms with E-state index in [1.54, 1.807) is 6.07 Å². The van der Waals surface area contributed by atoms with Crippen LogP contribution in [0.15, 0.2) is 45.6 Å². The number of hydrogen-bond donors (Lipinski definition) is 8. The van der Waals surface area contributed by atoms with Crippen molar-refractivity contribution in [3.63, 3.8) is 0 Å². The first kappa shape index (κ1) is 30.0. The maximum atomic E-state index is 12.8. The Morgan fingerprint density at radius 3 is 2.31 bits per heavy atom. The molecular weight excluding hydrogens is 564 g/mol. The molecule has 8 N–H and O–H groups in total. The molecular formula is C27H30O15. The average Bonchev–Trinajstić information content (AvgIpc) is 2.96. The molecule has 0 aliphatic carbocycles. The summed E-state index contributed by atoms with van der Waals surface area (Å²) in [5, 5.41) is 81.3. The zero-order valence-corrected chi connectivity index (χ0v) is 22.0. The number of phenolic OH excluding ortho intramolecular Hbond substituents is 2. The number of aromatic hydroxyl groups is 2. The summed E-state index contributed by atoms with van der Waals surface area (Å²) in [7, 11) is 1.38. The Morgan fingerprint density at radius 1 is 0.857 bits per heavy atom. The Labute approximate surface area is 236 Å². The highest BCUT2D eigenvalue weighted by Gasteiger charge is 2.46. The van der Waals surface area contributed by atoms with Gasteiger partial charge in [0.05, 0.1) is 20.3 Å². The van der Waals surface area contributed by atoms with Gasteiger partial charge in [0.2, 0.25) is 6.29 Å². The van der Waals surface area contributed by atoms with Gasteiger partial charge in [-0.3, -0.25) is 4.79 Å². The molecule has 0 spiro atoms. The minimum atomic E-state index is -1.77. The number of phenols is 2. The van der Waals surface area contributed by atoms with Gasteiger partial charge in [-0.2, -0.15) is 0 Å². The topological polar surface area (TPSA) is 238 Å². The summed E-state index contributed by atoms with van der Waals surface area (Å²) in [6.45, 7) is -0.821. The average molecular weight is 595 g/mol. The molecule has 5 rings (SSSR count). The van der Waals surface area contributed by atoms with Crippen LogP contribution >= 0.6 is 0 Å². The lowest BCUT2D eigenvalue weighted by Crippen LogP contribution is -2.61. The van der Waals surface area contributed by atoms with Crippen LogP contribution in [0.4, 0.5) is 0 Å². The lowest BCUT2D eigenvalue weighted by Gasteiger charge is -2.41. The van der Waals surface area contributed by atoms with E-state index in [-0.39, 0.29) is 40.6 Å². The molecule has 228 valence electrons. The van der Waals surface area contributed by atoms with Crippen LogP contribution in [0.25, 0.3) is 22.3 Å². The molecule has 2 fully saturated rings. The Bertz CT molecular complexity index is 1470. The lowest BCUT2D eigenvalue weighted by molar-refractivity contribution is -0.307. The molecule has 0 saturated carbocycles. The van der Waals surface area contributed by atoms with E-state index < -0.39 is 73.1 Å². The third-order valence-corrected chi connectivity index (χ3v) is 7.05. The van der Waals surface area contributed by atoms with E-state index in [1.165, 1.54) is 25.3 Å². The monoisotopic (exact) mass is 594 g/mol. The molecule has 3 aromatic rings. The van der Waals surface area contributed by atoms with Crippen molar-refractivity contribution in [3.05, 3.63) is 46.6 Å². The number of rotatable bonds is 7. The number of aliphatic hydroxyl groups is 6. The van der Waals surface area contributed by atoms with Crippen molar-refractivity contribution in [2.75, 3.05) is 20.3 Å². The standard InChI is InChI=1S/C27H30O15/c1-37-16-3-2-10(4-12(16)28)17-7-14(30)20-13(29)5-11(6-18(20)41-17)40-27-25(36)23(34)22(33)19(42-27)9-39-26-24(35)21(32)15(31)8-38-26/h2-7,15,19,21-29,31-36H,8-9H2,1H3/t15-,19+,21+,22+,23-,24+,25+,26-,27+/m0/s1. The van der Waals surface area contributed by atoms with E-state index in [0.29, 0.717) is 5.56 Å². The summed E-state index contributed by atoms with van der Waals surface area (Å²) in [5.74, 6) is -0.602. The van der Waals surface area contributed by atoms with Crippen LogP contribution in [-0.4, -0.2) is 116 Å². The van der Waals surface area contributed by atoms with E-state index in [0.717, 1.165) is 12.1 Å². The Kier molecular flexibility index (Phi) is 8.56. The Morgan fingerprint density at radius 2 is 1.60 bits per heavy atom. The maximum absolute atomic E-state index is 12.8. The van der Waals surface area contributed by atoms with Crippen molar-refractivity contribution in [2.45, 2.75) is 55.3 Å². The van der Waals surface area contributed by atoms with Gasteiger partial charge in [-0.05, 0) is 18.2 Å². The Hall–Kier alpha value is -3.51. The largest absolute Gasteiger partial charge is 0.507 e. The van der Waals surface area contributed by atoms with Gasteiger partial charge >= 0.3 is 0 Å². The normalized spacial score (nSPS) is 31.6. The zero-order chi connectivity index (χ0) is 30.3. The molecule has 3 heterocycles. The van der Waals surface area contributed by atoms with Gasteiger partial charge in [0.25, 0.3) is 0 Å². The van der Waals surface area contributed by atoms with Crippen LogP contribution < -0.4 is 14.9 Å². The first-order valence-electron chi connectivity index (χ1n) is 12.8. The highest BCUT2D eigenvalue weighted by atomic mass is 16.7. The third-order valence-electron chi connectivity index (χ3n) is 7.05. The first-order chi connectivity index (χ1) is 20.0. The van der Waals surface area contributed by atoms with Crippen molar-refractivity contribution in [3.8, 4) is 34.3 Å². The fourth-order valence-corrected chi connectivity index (χ4v) is 4.70. The van der Waals surface area contributed by atoms with Crippen LogP contribution in [0, 0.1) is 0 Å². The minimum Gasteiger partial charge on any atom is -0.507 e. The molecule has 2 aliphatic heterocycles. The number of benzene rings is 2. The SMILES string of the molecule is COc1ccc(-c2cc(=O)c3c(O)cc(O[C@@H]4O[C@H](CO[C@@H]5OC[C@H](O)[C@@H](O)[C@H]5O)[C@@H](O)[C@H](O)[C@H]4O)cc3o2)cc1O. The summed E-state index contributed by atoms with van der Waals surface area (Å²) >= 11 is 0. The predicted octanol–water partition coefficient (Wildman–Crippen LogP) is -1.48. The summed E-state index contributed by atoms with van der Waals surface area (Å²) in [4.78, 5) is 12.8. The molecule has 2 aromatic carbocycles. The van der Waals surface area contributed by atoms with Gasteiger partial charge in [0.1, 0.15) is 71.0 Å². The second-order valence-corrected chi connectivity index (χ2v) is 9.89. The summed E-state index contributed by atoms with van der Waals surface area (Å²) < 4.78 is 32.6. The number of hydrogen-bond acceptors (Lipinski definition) is 15. The lowest BCUT2D eigenvalue weighted by atomic mass is 9.99. The van der Waals surface area contributed by atoms with E-state index in [4.69, 9.17) is 28.1 Å². The Balaban J connectivity index is 1.36. The summed E-state index contributed by atoms with van der Waals surface area (Å²) in [6.07, 6.45) is -14.0. The fraction of sp³-hybridized carbons (Fsp3) is 0.444. The van der Waals surface area contributed by atoms with Crippen LogP contribution in [0.1, 0.15) is 0 Å². The van der Waals surface area contributed by atoms with E-state index in [9.17, 15) is 45.6 Å². The van der Waals surface area contributed by atoms with E-state index in [2.05, 4.69) is 0 Å². The highest BCUT2D eigenvalue weighted by Crippen LogP contribution is 2.35. The van der Waals surface area contributed by atoms with Crippen molar-refractivity contribution >= 4 is 11.0 Å². The van der Waals surface area contributed by atoms with Crippen LogP contribution in [-0.2, 0) is 14.2 Å². The number of fused-ring (bicyclic) bond motifs is 1. The zero-order valence-electron chi connectivity index (χ0n) is 22.0. The summed E-state index contributed by atoms with van der Waals surface area (Å²) in [5.41, 5.74) is -0.379. The van der Waals surface area contributed by atoms with Crippen molar-refractivity contribution in [2.24, 2.45) is 0 Å². The molecule has 9 atom stereocenters. The quantitative estimate of drug-likeness (QED) is 0.156. The van der Waals surface area contributed by atoms with Gasteiger partial charge in [-0.15, -0.1) is 0 Å². The van der Waals surface area contributed by atoms with Gasteiger partial charge < -0.3 is 69.0 Å². The van der Waals surface area contributed by atoms with Gasteiger partial charge in [-0.25, -0.2) is 0 Å². The number of methoxy groups -OCH3 is 1. The van der Waals surface area contributed by atoms with E-state index >= 15 is 0 Å². The molecule has 15 heteroatoms. The predicted molar refractivity (Wildman–Crippen MR) is 139 cm³/mol. The molecule has 0 radical (unpaired) electrons. The highest BCUT2D eigenvalue weighted by molar-refractivity contribution is 5.86. The first-order valence-corrected chi connectivity index (χ1v) is 12.8. The van der Waals surface area contributed by atoms with Crippen LogP contribution in [0.2, 0.25) is 0 Å². The second kappa shape index (κ2) is 12.0. The molecule has 0 amide bonds. The smallest absolute Gasteiger partial charge is 0.229 e. The van der Waals surface area contributed by atoms with Gasteiger partial charge in [0.15, 0.2) is 23.2 Å². The van der Waals surface area contributed by atoms with Crippen LogP contribution in [0.5, 0.6) is 23.0 Å². The number of ether oxygens (including phenoxy) is 5. The summed E-state index contributed by atoms with van der Waals surface area (Å²) in [6, 6.07) is 7.78. The molecule has 1 aromatic heterocycles. The van der Waals surface area contributed by atoms with Crippen molar-refractivity contribution < 1.29 is 69.0 Å². The van der Waals surface area contributed by atoms with Gasteiger partial charge in [-0.1, -0.05) is 0 Å². The van der Waals surface area contributed by atoms with Gasteiger partial charge in [0, 0.05) is 23.8 Å². The van der Waals surface area contributed by atoms with E-state index in [1.807, 2.05) is 0 Å². The van der Waals surface area contributed by atoms with Crippen LogP contribution in [0.3, 0.4) is 0 Å². The number of aliphatic hydroxyl groups excluding tert-OH is 6. The van der Waals surface area contributed by atoms with Crippen molar-refractivity contribution in [1.29, 1.82) is 0 Å². The minimum absolute atomic E-state index is 0.0523. The molecule has 2 saturated heterocycles. The fourth-order valence-electron chi connectivity index (χ4n) is 4.70. The third kappa shape index (κ3) is 5.74.